The van der Waals surface area contributed by atoms with Crippen molar-refractivity contribution in [2.45, 2.75) is 33.0 Å². The molecule has 144 valence electrons. The Balaban J connectivity index is 0.00000338. The first-order chi connectivity index (χ1) is 12.2. The summed E-state index contributed by atoms with van der Waals surface area (Å²) in [6.07, 6.45) is 4.80. The number of guanidine groups is 1. The summed E-state index contributed by atoms with van der Waals surface area (Å²) in [5.74, 6) is 0.864. The molecule has 0 radical (unpaired) electrons. The van der Waals surface area contributed by atoms with E-state index in [0.717, 1.165) is 38.6 Å². The highest BCUT2D eigenvalue weighted by molar-refractivity contribution is 14.0. The van der Waals surface area contributed by atoms with Gasteiger partial charge in [-0.3, -0.25) is 4.68 Å². The van der Waals surface area contributed by atoms with Crippen molar-refractivity contribution < 1.29 is 0 Å². The second kappa shape index (κ2) is 12.7. The van der Waals surface area contributed by atoms with Crippen LogP contribution in [-0.2, 0) is 19.6 Å². The van der Waals surface area contributed by atoms with Gasteiger partial charge in [0.05, 0.1) is 6.54 Å². The van der Waals surface area contributed by atoms with E-state index in [0.29, 0.717) is 6.54 Å². The third-order valence-corrected chi connectivity index (χ3v) is 3.77. The van der Waals surface area contributed by atoms with Gasteiger partial charge in [-0.2, -0.15) is 5.10 Å². The Morgan fingerprint density at radius 3 is 2.58 bits per heavy atom. The standard InChI is InChI=1S/C19H30N6.HI/c1-4-20-19(21-11-7-13-25-14-8-12-23-25)22-15-17-9-5-6-10-18(17)16-24(2)3;/h5-6,8-10,12,14H,4,7,11,13,15-16H2,1-3H3,(H2,20,21,22);1H. The maximum absolute atomic E-state index is 4.74. The maximum atomic E-state index is 4.74. The Morgan fingerprint density at radius 1 is 1.15 bits per heavy atom. The van der Waals surface area contributed by atoms with Crippen molar-refractivity contribution in [1.82, 2.24) is 25.3 Å². The molecule has 0 spiro atoms. The lowest BCUT2D eigenvalue weighted by atomic mass is 10.1. The topological polar surface area (TPSA) is 57.5 Å². The van der Waals surface area contributed by atoms with Crippen LogP contribution in [0.5, 0.6) is 0 Å². The number of nitrogens with one attached hydrogen (secondary N) is 2. The van der Waals surface area contributed by atoms with Gasteiger partial charge >= 0.3 is 0 Å². The van der Waals surface area contributed by atoms with Gasteiger partial charge in [0.15, 0.2) is 5.96 Å². The van der Waals surface area contributed by atoms with Gasteiger partial charge in [-0.25, -0.2) is 4.99 Å². The van der Waals surface area contributed by atoms with E-state index >= 15 is 0 Å². The zero-order chi connectivity index (χ0) is 17.9. The summed E-state index contributed by atoms with van der Waals surface area (Å²) in [7, 11) is 4.18. The van der Waals surface area contributed by atoms with Crippen molar-refractivity contribution in [1.29, 1.82) is 0 Å². The van der Waals surface area contributed by atoms with Gasteiger partial charge < -0.3 is 15.5 Å². The second-order valence-corrected chi connectivity index (χ2v) is 6.25. The largest absolute Gasteiger partial charge is 0.357 e. The van der Waals surface area contributed by atoms with Gasteiger partial charge in [0.25, 0.3) is 0 Å². The Labute approximate surface area is 174 Å². The second-order valence-electron chi connectivity index (χ2n) is 6.25. The number of benzene rings is 1. The monoisotopic (exact) mass is 470 g/mol. The van der Waals surface area contributed by atoms with E-state index in [1.807, 2.05) is 23.1 Å². The number of aromatic nitrogens is 2. The molecular weight excluding hydrogens is 439 g/mol. The van der Waals surface area contributed by atoms with E-state index in [1.165, 1.54) is 11.1 Å². The van der Waals surface area contributed by atoms with Crippen LogP contribution in [0.2, 0.25) is 0 Å². The molecule has 7 heteroatoms. The van der Waals surface area contributed by atoms with Gasteiger partial charge in [0, 0.05) is 38.6 Å². The van der Waals surface area contributed by atoms with E-state index in [9.17, 15) is 0 Å². The van der Waals surface area contributed by atoms with Crippen LogP contribution in [0, 0.1) is 0 Å². The lowest BCUT2D eigenvalue weighted by molar-refractivity contribution is 0.401. The van der Waals surface area contributed by atoms with Crippen LogP contribution in [0.1, 0.15) is 24.5 Å². The number of rotatable bonds is 9. The van der Waals surface area contributed by atoms with Crippen molar-refractivity contribution in [3.05, 3.63) is 53.9 Å². The molecular formula is C19H31IN6. The van der Waals surface area contributed by atoms with E-state index in [-0.39, 0.29) is 24.0 Å². The fourth-order valence-electron chi connectivity index (χ4n) is 2.59. The van der Waals surface area contributed by atoms with Gasteiger partial charge in [-0.1, -0.05) is 24.3 Å². The average Bonchev–Trinajstić information content (AvgIpc) is 3.10. The molecule has 0 amide bonds. The Hall–Kier alpha value is -1.61. The number of halogens is 1. The predicted octanol–water partition coefficient (Wildman–Crippen LogP) is 2.71. The van der Waals surface area contributed by atoms with Crippen LogP contribution in [0.4, 0.5) is 0 Å². The van der Waals surface area contributed by atoms with E-state index < -0.39 is 0 Å². The number of hydrogen-bond acceptors (Lipinski definition) is 3. The first-order valence-electron chi connectivity index (χ1n) is 8.90. The zero-order valence-electron chi connectivity index (χ0n) is 16.0. The molecule has 0 saturated carbocycles. The zero-order valence-corrected chi connectivity index (χ0v) is 18.3. The summed E-state index contributed by atoms with van der Waals surface area (Å²) < 4.78 is 1.95. The summed E-state index contributed by atoms with van der Waals surface area (Å²) in [5.41, 5.74) is 2.59. The molecule has 2 rings (SSSR count). The first-order valence-corrected chi connectivity index (χ1v) is 8.90. The smallest absolute Gasteiger partial charge is 0.191 e. The van der Waals surface area contributed by atoms with Crippen LogP contribution in [0.25, 0.3) is 0 Å². The van der Waals surface area contributed by atoms with E-state index in [1.54, 1.807) is 0 Å². The van der Waals surface area contributed by atoms with Crippen LogP contribution < -0.4 is 10.6 Å². The quantitative estimate of drug-likeness (QED) is 0.256. The maximum Gasteiger partial charge on any atom is 0.191 e. The third-order valence-electron chi connectivity index (χ3n) is 3.77. The number of aliphatic imine (C=N–C) groups is 1. The van der Waals surface area contributed by atoms with Crippen LogP contribution >= 0.6 is 24.0 Å². The summed E-state index contributed by atoms with van der Waals surface area (Å²) in [6, 6.07) is 10.4. The normalized spacial score (nSPS) is 11.3. The SMILES string of the molecule is CCNC(=NCc1ccccc1CN(C)C)NCCCn1cccn1.I. The van der Waals surface area contributed by atoms with Crippen molar-refractivity contribution in [3.8, 4) is 0 Å². The molecule has 1 heterocycles. The van der Waals surface area contributed by atoms with Crippen LogP contribution in [0.3, 0.4) is 0 Å². The fourth-order valence-corrected chi connectivity index (χ4v) is 2.59. The van der Waals surface area contributed by atoms with E-state index in [2.05, 4.69) is 65.9 Å². The van der Waals surface area contributed by atoms with Crippen LogP contribution in [0.15, 0.2) is 47.7 Å². The molecule has 0 aliphatic heterocycles. The summed E-state index contributed by atoms with van der Waals surface area (Å²) in [6.45, 7) is 6.32. The molecule has 6 nitrogen and oxygen atoms in total. The molecule has 0 saturated heterocycles. The average molecular weight is 470 g/mol. The van der Waals surface area contributed by atoms with Crippen molar-refractivity contribution in [3.63, 3.8) is 0 Å². The molecule has 2 N–H and O–H groups in total. The van der Waals surface area contributed by atoms with Crippen molar-refractivity contribution in [2.24, 2.45) is 4.99 Å². The van der Waals surface area contributed by atoms with Gasteiger partial charge in [-0.15, -0.1) is 24.0 Å². The molecule has 0 unspecified atom stereocenters. The molecule has 0 aliphatic carbocycles. The molecule has 1 aromatic heterocycles. The molecule has 0 fully saturated rings. The molecule has 2 aromatic rings. The van der Waals surface area contributed by atoms with Crippen LogP contribution in [-0.4, -0.2) is 47.8 Å². The summed E-state index contributed by atoms with van der Waals surface area (Å²) in [5, 5.41) is 10.9. The minimum atomic E-state index is 0. The lowest BCUT2D eigenvalue weighted by Crippen LogP contribution is -2.38. The van der Waals surface area contributed by atoms with Gasteiger partial charge in [-0.05, 0) is 44.6 Å². The fraction of sp³-hybridized carbons (Fsp3) is 0.474. The highest BCUT2D eigenvalue weighted by Gasteiger charge is 2.03. The molecule has 0 aliphatic rings. The van der Waals surface area contributed by atoms with Gasteiger partial charge in [0.1, 0.15) is 0 Å². The number of aryl methyl sites for hydroxylation is 1. The Bertz CT molecular complexity index is 639. The first kappa shape index (κ1) is 22.4. The number of hydrogen-bond donors (Lipinski definition) is 2. The summed E-state index contributed by atoms with van der Waals surface area (Å²) in [4.78, 5) is 6.92. The summed E-state index contributed by atoms with van der Waals surface area (Å²) >= 11 is 0. The van der Waals surface area contributed by atoms with Crippen molar-refractivity contribution in [2.75, 3.05) is 27.2 Å². The lowest BCUT2D eigenvalue weighted by Gasteiger charge is -2.14. The Kier molecular flexibility index (Phi) is 11.0. The van der Waals surface area contributed by atoms with Crippen molar-refractivity contribution >= 4 is 29.9 Å². The Morgan fingerprint density at radius 2 is 1.92 bits per heavy atom. The molecule has 0 atom stereocenters. The molecule has 1 aromatic carbocycles. The number of nitrogens with zero attached hydrogens (tertiary/aromatic N) is 4. The minimum absolute atomic E-state index is 0. The predicted molar refractivity (Wildman–Crippen MR) is 119 cm³/mol. The highest BCUT2D eigenvalue weighted by atomic mass is 127. The highest BCUT2D eigenvalue weighted by Crippen LogP contribution is 2.11. The third kappa shape index (κ3) is 8.18. The van der Waals surface area contributed by atoms with Gasteiger partial charge in [0.2, 0.25) is 0 Å². The van der Waals surface area contributed by atoms with E-state index in [4.69, 9.17) is 4.99 Å². The molecule has 0 bridgehead atoms. The minimum Gasteiger partial charge on any atom is -0.357 e. The molecule has 26 heavy (non-hydrogen) atoms.